The molecule has 8 heterocycles. The van der Waals surface area contributed by atoms with Crippen molar-refractivity contribution in [3.05, 3.63) is 47.7 Å². The van der Waals surface area contributed by atoms with Gasteiger partial charge in [0.25, 0.3) is 5.92 Å². The smallest absolute Gasteiger partial charge is 0.415 e. The standard InChI is InChI=1S/C41H41F6N7O6/c1-39-14-22(42)17-52(19-39)35-27-16-48-31(30(45)32(27)49-36(50-35)59-20-40-7-3-8-53(40)18-23(43)15-40)26-13-24(60-38(56)54-9-11-57-34-33(54)41(34,46)47)12-21-5-6-28(44)25(29(21)26)4-2-10-58-37(55)51-39/h5-6,12-13,16,22-23,33-34H,2-4,7-11,14-15,17-20H2,1H3,(H,51,55)/t22-,23-,33?,34?,39-,40+/m1/s1. The number of morpholine rings is 1. The highest BCUT2D eigenvalue weighted by atomic mass is 19.3. The van der Waals surface area contributed by atoms with Gasteiger partial charge in [-0.1, -0.05) is 6.07 Å². The van der Waals surface area contributed by atoms with Crippen LogP contribution >= 0.6 is 0 Å². The van der Waals surface area contributed by atoms with Gasteiger partial charge in [-0.15, -0.1) is 0 Å². The van der Waals surface area contributed by atoms with Crippen LogP contribution in [0, 0.1) is 11.6 Å². The molecule has 0 spiro atoms. The van der Waals surface area contributed by atoms with Crippen molar-refractivity contribution in [2.75, 3.05) is 57.4 Å². The Bertz CT molecular complexity index is 2430. The predicted octanol–water partition coefficient (Wildman–Crippen LogP) is 6.27. The Morgan fingerprint density at radius 1 is 1.05 bits per heavy atom. The summed E-state index contributed by atoms with van der Waals surface area (Å²) >= 11 is 0. The Morgan fingerprint density at radius 3 is 2.73 bits per heavy atom. The van der Waals surface area contributed by atoms with Gasteiger partial charge >= 0.3 is 18.2 Å². The van der Waals surface area contributed by atoms with Crippen LogP contribution in [-0.2, 0) is 15.9 Å². The number of ether oxygens (including phenoxy) is 4. The van der Waals surface area contributed by atoms with Gasteiger partial charge in [0.1, 0.15) is 59.7 Å². The molecule has 2 aromatic heterocycles. The van der Waals surface area contributed by atoms with Crippen LogP contribution in [0.3, 0.4) is 0 Å². The zero-order chi connectivity index (χ0) is 41.7. The molecular weight excluding hydrogens is 800 g/mol. The lowest BCUT2D eigenvalue weighted by atomic mass is 9.90. The van der Waals surface area contributed by atoms with Crippen LogP contribution in [0.2, 0.25) is 0 Å². The molecular formula is C41H41F6N7O6. The minimum atomic E-state index is -3.25. The molecule has 4 aromatic rings. The lowest BCUT2D eigenvalue weighted by Gasteiger charge is -2.42. The number of carbonyl (C=O) groups is 2. The van der Waals surface area contributed by atoms with E-state index in [1.807, 2.05) is 4.90 Å². The van der Waals surface area contributed by atoms with Gasteiger partial charge in [-0.05, 0) is 73.7 Å². The van der Waals surface area contributed by atoms with Crippen LogP contribution in [0.25, 0.3) is 32.9 Å². The zero-order valence-corrected chi connectivity index (χ0v) is 32.5. The summed E-state index contributed by atoms with van der Waals surface area (Å²) in [5, 5.41) is 3.36. The molecule has 2 aromatic carbocycles. The number of benzene rings is 2. The van der Waals surface area contributed by atoms with Crippen LogP contribution in [0.4, 0.5) is 41.7 Å². The summed E-state index contributed by atoms with van der Waals surface area (Å²) < 4.78 is 115. The maximum atomic E-state index is 17.5. The molecule has 6 aliphatic heterocycles. The number of piperidine rings is 1. The van der Waals surface area contributed by atoms with Crippen molar-refractivity contribution >= 4 is 39.7 Å². The molecule has 1 aliphatic carbocycles. The molecule has 318 valence electrons. The molecule has 4 saturated heterocycles. The summed E-state index contributed by atoms with van der Waals surface area (Å²) in [5.41, 5.74) is -2.28. The average Bonchev–Trinajstić information content (AvgIpc) is 3.40. The van der Waals surface area contributed by atoms with Crippen molar-refractivity contribution in [1.82, 2.24) is 30.1 Å². The second-order valence-corrected chi connectivity index (χ2v) is 17.1. The Morgan fingerprint density at radius 2 is 1.88 bits per heavy atom. The molecule has 7 aliphatic rings. The second-order valence-electron chi connectivity index (χ2n) is 17.1. The van der Waals surface area contributed by atoms with Crippen LogP contribution in [0.15, 0.2) is 30.5 Å². The molecule has 60 heavy (non-hydrogen) atoms. The third kappa shape index (κ3) is 6.58. The molecule has 1 saturated carbocycles. The number of nitrogens with one attached hydrogen (secondary N) is 1. The number of rotatable bonds is 4. The fourth-order valence-corrected chi connectivity index (χ4v) is 10.1. The highest BCUT2D eigenvalue weighted by Gasteiger charge is 2.75. The van der Waals surface area contributed by atoms with Crippen LogP contribution in [0.5, 0.6) is 11.8 Å². The van der Waals surface area contributed by atoms with E-state index < -0.39 is 65.3 Å². The number of carbonyl (C=O) groups excluding carboxylic acids is 2. The molecule has 6 bridgehead atoms. The number of anilines is 1. The highest BCUT2D eigenvalue weighted by molar-refractivity contribution is 6.02. The predicted molar refractivity (Wildman–Crippen MR) is 203 cm³/mol. The molecule has 0 radical (unpaired) electrons. The van der Waals surface area contributed by atoms with Gasteiger partial charge in [0, 0.05) is 44.2 Å². The lowest BCUT2D eigenvalue weighted by Crippen LogP contribution is -2.60. The van der Waals surface area contributed by atoms with E-state index in [4.69, 9.17) is 18.9 Å². The molecule has 13 nitrogen and oxygen atoms in total. The first-order chi connectivity index (χ1) is 28.7. The minimum absolute atomic E-state index is 0.00410. The first-order valence-corrected chi connectivity index (χ1v) is 20.2. The third-order valence-corrected chi connectivity index (χ3v) is 12.8. The maximum absolute atomic E-state index is 17.5. The van der Waals surface area contributed by atoms with E-state index >= 15 is 13.2 Å². The fraction of sp³-hybridized carbons (Fsp3) is 0.537. The summed E-state index contributed by atoms with van der Waals surface area (Å²) in [5.74, 6) is -4.98. The zero-order valence-electron chi connectivity index (χ0n) is 32.5. The van der Waals surface area contributed by atoms with Gasteiger partial charge in [-0.25, -0.2) is 35.9 Å². The number of aryl methyl sites for hydroxylation is 1. The number of aromatic nitrogens is 3. The maximum Gasteiger partial charge on any atom is 0.415 e. The number of hydrogen-bond acceptors (Lipinski definition) is 11. The Labute approximate surface area is 339 Å². The highest BCUT2D eigenvalue weighted by Crippen LogP contribution is 2.50. The van der Waals surface area contributed by atoms with E-state index in [1.54, 1.807) is 11.8 Å². The molecule has 2 amide bonds. The number of hydrogen-bond donors (Lipinski definition) is 1. The van der Waals surface area contributed by atoms with E-state index in [-0.39, 0.29) is 122 Å². The van der Waals surface area contributed by atoms with Crippen molar-refractivity contribution in [2.45, 2.75) is 86.9 Å². The van der Waals surface area contributed by atoms with Gasteiger partial charge in [0.05, 0.1) is 36.2 Å². The quantitative estimate of drug-likeness (QED) is 0.233. The third-order valence-electron chi connectivity index (χ3n) is 12.8. The molecule has 5 fully saturated rings. The van der Waals surface area contributed by atoms with Crippen molar-refractivity contribution in [3.8, 4) is 23.0 Å². The Balaban J connectivity index is 1.13. The second kappa shape index (κ2) is 14.2. The minimum Gasteiger partial charge on any atom is -0.461 e. The molecule has 19 heteroatoms. The van der Waals surface area contributed by atoms with Crippen LogP contribution in [0.1, 0.15) is 44.6 Å². The van der Waals surface area contributed by atoms with Crippen molar-refractivity contribution < 1.29 is 54.9 Å². The molecule has 11 rings (SSSR count). The summed E-state index contributed by atoms with van der Waals surface area (Å²) in [6.45, 7) is 2.06. The topological polar surface area (TPSA) is 131 Å². The van der Waals surface area contributed by atoms with Crippen molar-refractivity contribution in [2.24, 2.45) is 0 Å². The van der Waals surface area contributed by atoms with E-state index in [0.29, 0.717) is 18.4 Å². The first-order valence-electron chi connectivity index (χ1n) is 20.2. The van der Waals surface area contributed by atoms with Crippen molar-refractivity contribution in [3.63, 3.8) is 0 Å². The van der Waals surface area contributed by atoms with E-state index in [0.717, 1.165) is 11.3 Å². The molecule has 1 N–H and O–H groups in total. The Kier molecular flexibility index (Phi) is 9.23. The molecule has 2 unspecified atom stereocenters. The Hall–Kier alpha value is -5.17. The number of halogens is 6. The summed E-state index contributed by atoms with van der Waals surface area (Å²) in [6.07, 6.45) is -2.70. The monoisotopic (exact) mass is 841 g/mol. The van der Waals surface area contributed by atoms with Crippen LogP contribution < -0.4 is 19.7 Å². The number of amides is 2. The largest absolute Gasteiger partial charge is 0.461 e. The van der Waals surface area contributed by atoms with E-state index in [9.17, 15) is 22.8 Å². The molecule has 6 atom stereocenters. The first kappa shape index (κ1) is 39.0. The van der Waals surface area contributed by atoms with Gasteiger partial charge in [-0.2, -0.15) is 9.97 Å². The SMILES string of the molecule is C[C@@]12C[C@@H](F)CN(C1)c1nc(OC[C@@]34CCCN3C[C@H](F)C4)nc3c(F)c(ncc13)-c1cc(OC(=O)N3CCOC4C3C4(F)F)cc3ccc(F)c(c13)CCCOC(=O)N2. The van der Waals surface area contributed by atoms with Crippen LogP contribution in [-0.4, -0.2) is 131 Å². The van der Waals surface area contributed by atoms with Crippen molar-refractivity contribution in [1.29, 1.82) is 0 Å². The van der Waals surface area contributed by atoms with Gasteiger partial charge in [0.2, 0.25) is 0 Å². The van der Waals surface area contributed by atoms with E-state index in [1.165, 1.54) is 30.5 Å². The number of pyridine rings is 1. The van der Waals surface area contributed by atoms with E-state index in [2.05, 4.69) is 20.3 Å². The number of alkyl carbamates (subject to hydrolysis) is 1. The van der Waals surface area contributed by atoms with Gasteiger partial charge < -0.3 is 29.2 Å². The number of nitrogens with zero attached hydrogens (tertiary/aromatic N) is 6. The normalized spacial score (nSPS) is 29.9. The van der Waals surface area contributed by atoms with Gasteiger partial charge in [0.15, 0.2) is 5.82 Å². The summed E-state index contributed by atoms with van der Waals surface area (Å²) in [4.78, 5) is 44.7. The van der Waals surface area contributed by atoms with Gasteiger partial charge in [-0.3, -0.25) is 14.8 Å². The lowest BCUT2D eigenvalue weighted by molar-refractivity contribution is 0.0106. The fourth-order valence-electron chi connectivity index (χ4n) is 10.1. The average molecular weight is 842 g/mol. The summed E-state index contributed by atoms with van der Waals surface area (Å²) in [6, 6.07) is 3.54. The number of fused-ring (bicyclic) bond motifs is 8. The summed E-state index contributed by atoms with van der Waals surface area (Å²) in [7, 11) is 0. The number of alkyl halides is 4.